The van der Waals surface area contributed by atoms with Crippen LogP contribution < -0.4 is 0 Å². The minimum absolute atomic E-state index is 0.0268. The summed E-state index contributed by atoms with van der Waals surface area (Å²) in [6.45, 7) is 0.641. The van der Waals surface area contributed by atoms with Gasteiger partial charge in [-0.3, -0.25) is 4.79 Å². The van der Waals surface area contributed by atoms with Gasteiger partial charge in [0.2, 0.25) is 0 Å². The molecule has 166 valence electrons. The second-order valence-electron chi connectivity index (χ2n) is 8.29. The minimum atomic E-state index is 0.0268. The third kappa shape index (κ3) is 4.81. The first-order valence-electron chi connectivity index (χ1n) is 11.3. The molecule has 32 heavy (non-hydrogen) atoms. The molecule has 1 aliphatic heterocycles. The number of hydrogen-bond donors (Lipinski definition) is 0. The van der Waals surface area contributed by atoms with E-state index in [1.54, 1.807) is 16.3 Å². The lowest BCUT2D eigenvalue weighted by Crippen LogP contribution is -2.25. The molecule has 0 unspecified atom stereocenters. The normalized spacial score (nSPS) is 17.0. The molecule has 2 aromatic heterocycles. The summed E-state index contributed by atoms with van der Waals surface area (Å²) in [5, 5.41) is 18.2. The first-order valence-corrected chi connectivity index (χ1v) is 13.2. The van der Waals surface area contributed by atoms with E-state index in [-0.39, 0.29) is 5.91 Å². The van der Waals surface area contributed by atoms with Gasteiger partial charge in [0.1, 0.15) is 5.82 Å². The first-order chi connectivity index (χ1) is 15.8. The van der Waals surface area contributed by atoms with E-state index in [9.17, 15) is 4.79 Å². The number of thioether (sulfide) groups is 1. The smallest absolute Gasteiger partial charge is 0.253 e. The van der Waals surface area contributed by atoms with E-state index in [2.05, 4.69) is 37.4 Å². The van der Waals surface area contributed by atoms with Crippen molar-refractivity contribution >= 4 is 34.7 Å². The van der Waals surface area contributed by atoms with E-state index in [1.807, 2.05) is 30.3 Å². The zero-order valence-corrected chi connectivity index (χ0v) is 19.7. The van der Waals surface area contributed by atoms with Crippen molar-refractivity contribution in [1.29, 1.82) is 0 Å². The molecule has 6 nitrogen and oxygen atoms in total. The summed E-state index contributed by atoms with van der Waals surface area (Å²) in [6, 6.07) is 14.8. The monoisotopic (exact) mass is 465 g/mol. The molecule has 3 aromatic rings. The Kier molecular flexibility index (Phi) is 6.69. The molecule has 8 heteroatoms. The van der Waals surface area contributed by atoms with Gasteiger partial charge >= 0.3 is 0 Å². The topological polar surface area (TPSA) is 63.4 Å². The molecule has 2 aliphatic rings. The maximum absolute atomic E-state index is 12.9. The fourth-order valence-corrected chi connectivity index (χ4v) is 6.07. The van der Waals surface area contributed by atoms with Crippen molar-refractivity contribution in [3.05, 3.63) is 64.1 Å². The fraction of sp³-hybridized carbons (Fsp3) is 0.417. The number of aromatic nitrogens is 3. The lowest BCUT2D eigenvalue weighted by Gasteiger charge is -2.25. The van der Waals surface area contributed by atoms with Gasteiger partial charge in [-0.15, -0.1) is 21.5 Å². The Morgan fingerprint density at radius 2 is 1.91 bits per heavy atom. The Hall–Kier alpha value is -2.45. The number of carbonyl (C=O) groups excluding carboxylic acids is 1. The van der Waals surface area contributed by atoms with Gasteiger partial charge in [0.15, 0.2) is 5.16 Å². The van der Waals surface area contributed by atoms with Crippen LogP contribution >= 0.6 is 23.1 Å². The zero-order chi connectivity index (χ0) is 21.8. The van der Waals surface area contributed by atoms with E-state index in [1.165, 1.54) is 35.9 Å². The Morgan fingerprint density at radius 3 is 2.69 bits per heavy atom. The molecule has 0 N–H and O–H groups in total. The Bertz CT molecular complexity index is 1070. The number of hydrazone groups is 1. The summed E-state index contributed by atoms with van der Waals surface area (Å²) in [7, 11) is 0. The molecule has 1 amide bonds. The lowest BCUT2D eigenvalue weighted by atomic mass is 9.95. The van der Waals surface area contributed by atoms with Crippen LogP contribution in [0.4, 0.5) is 0 Å². The van der Waals surface area contributed by atoms with Gasteiger partial charge in [-0.1, -0.05) is 67.4 Å². The van der Waals surface area contributed by atoms with Crippen LogP contribution in [0.3, 0.4) is 0 Å². The minimum Gasteiger partial charge on any atom is -0.303 e. The third-order valence-electron chi connectivity index (χ3n) is 6.11. The molecule has 1 fully saturated rings. The number of nitrogens with zero attached hydrogens (tertiary/aromatic N) is 5. The second-order valence-corrected chi connectivity index (χ2v) is 10.3. The van der Waals surface area contributed by atoms with E-state index >= 15 is 0 Å². The van der Waals surface area contributed by atoms with Crippen LogP contribution in [0.15, 0.2) is 58.1 Å². The second kappa shape index (κ2) is 10.0. The molecule has 1 aliphatic carbocycles. The molecule has 0 spiro atoms. The Morgan fingerprint density at radius 1 is 1.06 bits per heavy atom. The van der Waals surface area contributed by atoms with Gasteiger partial charge in [0, 0.05) is 23.8 Å². The standard InChI is InChI=1S/C24H27N5OS2/c30-23(28-14-13-21(27-28)18-8-3-1-4-9-18)17-32-24-26-25-22(16-20-12-7-15-31-20)29(24)19-10-5-2-6-11-19/h1,3-4,7-9,12,15,19H,2,5-6,10-11,13-14,16-17H2. The Balaban J connectivity index is 1.29. The highest BCUT2D eigenvalue weighted by atomic mass is 32.2. The van der Waals surface area contributed by atoms with Gasteiger partial charge in [0.05, 0.1) is 18.0 Å². The quantitative estimate of drug-likeness (QED) is 0.452. The van der Waals surface area contributed by atoms with Crippen LogP contribution in [0.2, 0.25) is 0 Å². The summed E-state index contributed by atoms with van der Waals surface area (Å²) in [4.78, 5) is 14.2. The van der Waals surface area contributed by atoms with Crippen molar-refractivity contribution < 1.29 is 4.79 Å². The summed E-state index contributed by atoms with van der Waals surface area (Å²) in [5.41, 5.74) is 2.07. The first kappa shape index (κ1) is 21.4. The average Bonchev–Trinajstić information content (AvgIpc) is 3.60. The van der Waals surface area contributed by atoms with Crippen LogP contribution in [-0.4, -0.2) is 43.7 Å². The number of rotatable bonds is 7. The molecular weight excluding hydrogens is 438 g/mol. The number of carbonyl (C=O) groups is 1. The molecular formula is C24H27N5OS2. The number of thiophene rings is 1. The molecule has 0 radical (unpaired) electrons. The largest absolute Gasteiger partial charge is 0.303 e. The van der Waals surface area contributed by atoms with E-state index < -0.39 is 0 Å². The molecule has 0 atom stereocenters. The van der Waals surface area contributed by atoms with Gasteiger partial charge in [-0.05, 0) is 29.9 Å². The summed E-state index contributed by atoms with van der Waals surface area (Å²) in [6.07, 6.45) is 7.71. The predicted octanol–water partition coefficient (Wildman–Crippen LogP) is 5.16. The van der Waals surface area contributed by atoms with Crippen molar-refractivity contribution in [3.8, 4) is 0 Å². The summed E-state index contributed by atoms with van der Waals surface area (Å²) < 4.78 is 2.32. The van der Waals surface area contributed by atoms with Crippen LogP contribution in [0.5, 0.6) is 0 Å². The van der Waals surface area contributed by atoms with Gasteiger partial charge in [-0.2, -0.15) is 5.10 Å². The number of hydrogen-bond acceptors (Lipinski definition) is 6. The van der Waals surface area contributed by atoms with Gasteiger partial charge in [-0.25, -0.2) is 5.01 Å². The predicted molar refractivity (Wildman–Crippen MR) is 129 cm³/mol. The SMILES string of the molecule is O=C(CSc1nnc(Cc2cccs2)n1C1CCCCC1)N1CCC(c2ccccc2)=N1. The van der Waals surface area contributed by atoms with Crippen molar-refractivity contribution in [2.75, 3.05) is 12.3 Å². The van der Waals surface area contributed by atoms with Crippen molar-refractivity contribution in [1.82, 2.24) is 19.8 Å². The summed E-state index contributed by atoms with van der Waals surface area (Å²) >= 11 is 3.25. The number of amides is 1. The van der Waals surface area contributed by atoms with E-state index in [0.717, 1.165) is 47.9 Å². The molecule has 3 heterocycles. The van der Waals surface area contributed by atoms with Gasteiger partial charge in [0.25, 0.3) is 5.91 Å². The maximum atomic E-state index is 12.9. The van der Waals surface area contributed by atoms with E-state index in [0.29, 0.717) is 18.3 Å². The van der Waals surface area contributed by atoms with Crippen LogP contribution in [0.1, 0.15) is 60.8 Å². The molecule has 1 aromatic carbocycles. The van der Waals surface area contributed by atoms with Crippen molar-refractivity contribution in [3.63, 3.8) is 0 Å². The Labute approximate surface area is 196 Å². The highest BCUT2D eigenvalue weighted by Gasteiger charge is 2.26. The van der Waals surface area contributed by atoms with Crippen LogP contribution in [-0.2, 0) is 11.2 Å². The van der Waals surface area contributed by atoms with Gasteiger partial charge < -0.3 is 4.57 Å². The average molecular weight is 466 g/mol. The van der Waals surface area contributed by atoms with Crippen molar-refractivity contribution in [2.24, 2.45) is 5.10 Å². The van der Waals surface area contributed by atoms with Crippen molar-refractivity contribution in [2.45, 2.75) is 56.1 Å². The molecule has 5 rings (SSSR count). The highest BCUT2D eigenvalue weighted by Crippen LogP contribution is 2.33. The fourth-order valence-electron chi connectivity index (χ4n) is 4.47. The number of benzene rings is 1. The zero-order valence-electron chi connectivity index (χ0n) is 18.0. The van der Waals surface area contributed by atoms with Crippen LogP contribution in [0, 0.1) is 0 Å². The summed E-state index contributed by atoms with van der Waals surface area (Å²) in [5.74, 6) is 1.37. The molecule has 1 saturated carbocycles. The van der Waals surface area contributed by atoms with Crippen LogP contribution in [0.25, 0.3) is 0 Å². The van der Waals surface area contributed by atoms with E-state index in [4.69, 9.17) is 0 Å². The lowest BCUT2D eigenvalue weighted by molar-refractivity contribution is -0.127. The maximum Gasteiger partial charge on any atom is 0.253 e. The molecule has 0 saturated heterocycles. The third-order valence-corrected chi connectivity index (χ3v) is 7.91. The highest BCUT2D eigenvalue weighted by molar-refractivity contribution is 7.99. The molecule has 0 bridgehead atoms.